The van der Waals surface area contributed by atoms with Crippen LogP contribution in [0.15, 0.2) is 24.3 Å². The molecule has 1 aromatic rings. The van der Waals surface area contributed by atoms with Gasteiger partial charge in [0.25, 0.3) is 5.91 Å². The second kappa shape index (κ2) is 7.26. The molecule has 0 spiro atoms. The number of benzene rings is 1. The normalized spacial score (nSPS) is 18.3. The first-order valence-corrected chi connectivity index (χ1v) is 7.34. The van der Waals surface area contributed by atoms with Gasteiger partial charge in [-0.3, -0.25) is 4.79 Å². The quantitative estimate of drug-likeness (QED) is 0.895. The van der Waals surface area contributed by atoms with Gasteiger partial charge in [0.1, 0.15) is 5.75 Å². The summed E-state index contributed by atoms with van der Waals surface area (Å²) in [6, 6.07) is 6.96. The Morgan fingerprint density at radius 2 is 2.23 bits per heavy atom. The van der Waals surface area contributed by atoms with Crippen molar-refractivity contribution in [1.29, 1.82) is 0 Å². The molecular weight excluding hydrogens is 286 g/mol. The number of ether oxygens (including phenoxy) is 2. The molecule has 1 aliphatic rings. The summed E-state index contributed by atoms with van der Waals surface area (Å²) < 4.78 is 10.7. The van der Waals surface area contributed by atoms with E-state index in [1.54, 1.807) is 24.3 Å². The zero-order chi connectivity index (χ0) is 16.1. The van der Waals surface area contributed by atoms with E-state index in [9.17, 15) is 9.59 Å². The van der Waals surface area contributed by atoms with E-state index in [0.29, 0.717) is 30.4 Å². The van der Waals surface area contributed by atoms with E-state index in [2.05, 4.69) is 13.8 Å². The van der Waals surface area contributed by atoms with Crippen LogP contribution in [0.2, 0.25) is 0 Å². The average molecular weight is 307 g/mol. The summed E-state index contributed by atoms with van der Waals surface area (Å²) >= 11 is 0. The summed E-state index contributed by atoms with van der Waals surface area (Å²) in [7, 11) is 0. The molecule has 1 unspecified atom stereocenters. The Morgan fingerprint density at radius 3 is 2.91 bits per heavy atom. The first-order chi connectivity index (χ1) is 10.5. The molecule has 6 heteroatoms. The summed E-state index contributed by atoms with van der Waals surface area (Å²) in [6.45, 7) is 5.36. The van der Waals surface area contributed by atoms with Crippen molar-refractivity contribution in [2.24, 2.45) is 5.92 Å². The van der Waals surface area contributed by atoms with Gasteiger partial charge in [0.15, 0.2) is 6.10 Å². The number of morpholine rings is 1. The Morgan fingerprint density at radius 1 is 1.45 bits per heavy atom. The van der Waals surface area contributed by atoms with Crippen LogP contribution in [0.5, 0.6) is 5.75 Å². The summed E-state index contributed by atoms with van der Waals surface area (Å²) in [5.41, 5.74) is 0.493. The van der Waals surface area contributed by atoms with E-state index in [1.165, 1.54) is 4.90 Å². The molecule has 0 aromatic heterocycles. The van der Waals surface area contributed by atoms with E-state index < -0.39 is 12.1 Å². The lowest BCUT2D eigenvalue weighted by molar-refractivity contribution is -0.154. The van der Waals surface area contributed by atoms with Crippen molar-refractivity contribution in [1.82, 2.24) is 4.90 Å². The SMILES string of the molecule is CC(C)COc1cccc(C(=O)N2CCOC(C(=O)O)C2)c1. The average Bonchev–Trinajstić information content (AvgIpc) is 2.52. The summed E-state index contributed by atoms with van der Waals surface area (Å²) in [4.78, 5) is 25.0. The number of carbonyl (C=O) groups excluding carboxylic acids is 1. The molecule has 1 N–H and O–H groups in total. The molecule has 1 heterocycles. The van der Waals surface area contributed by atoms with Gasteiger partial charge in [0.05, 0.1) is 19.8 Å². The molecule has 22 heavy (non-hydrogen) atoms. The highest BCUT2D eigenvalue weighted by atomic mass is 16.5. The fraction of sp³-hybridized carbons (Fsp3) is 0.500. The molecule has 1 amide bonds. The Bertz CT molecular complexity index is 543. The third kappa shape index (κ3) is 4.21. The largest absolute Gasteiger partial charge is 0.493 e. The van der Waals surface area contributed by atoms with Crippen molar-refractivity contribution in [2.45, 2.75) is 20.0 Å². The molecule has 120 valence electrons. The third-order valence-corrected chi connectivity index (χ3v) is 3.29. The summed E-state index contributed by atoms with van der Waals surface area (Å²) in [6.07, 6.45) is -0.960. The van der Waals surface area contributed by atoms with Gasteiger partial charge in [0.2, 0.25) is 0 Å². The highest BCUT2D eigenvalue weighted by molar-refractivity contribution is 5.95. The van der Waals surface area contributed by atoms with E-state index in [0.717, 1.165) is 0 Å². The second-order valence-electron chi connectivity index (χ2n) is 5.68. The molecule has 1 aliphatic heterocycles. The second-order valence-corrected chi connectivity index (χ2v) is 5.68. The van der Waals surface area contributed by atoms with Crippen molar-refractivity contribution in [3.63, 3.8) is 0 Å². The number of nitrogens with zero attached hydrogens (tertiary/aromatic N) is 1. The van der Waals surface area contributed by atoms with Crippen molar-refractivity contribution in [2.75, 3.05) is 26.3 Å². The maximum atomic E-state index is 12.5. The van der Waals surface area contributed by atoms with Crippen LogP contribution in [0, 0.1) is 5.92 Å². The number of carbonyl (C=O) groups is 2. The molecule has 2 rings (SSSR count). The minimum absolute atomic E-state index is 0.0608. The summed E-state index contributed by atoms with van der Waals surface area (Å²) in [5.74, 6) is -0.214. The molecule has 0 bridgehead atoms. The van der Waals surface area contributed by atoms with Crippen LogP contribution < -0.4 is 4.74 Å². The van der Waals surface area contributed by atoms with Crippen LogP contribution in [-0.4, -0.2) is 54.3 Å². The Balaban J connectivity index is 2.05. The number of carboxylic acid groups (broad SMARTS) is 1. The highest BCUT2D eigenvalue weighted by Crippen LogP contribution is 2.17. The van der Waals surface area contributed by atoms with Crippen molar-refractivity contribution in [3.8, 4) is 5.75 Å². The summed E-state index contributed by atoms with van der Waals surface area (Å²) in [5, 5.41) is 8.99. The van der Waals surface area contributed by atoms with Gasteiger partial charge in [-0.25, -0.2) is 4.79 Å². The van der Waals surface area contributed by atoms with E-state index in [1.807, 2.05) is 0 Å². The fourth-order valence-corrected chi connectivity index (χ4v) is 2.15. The topological polar surface area (TPSA) is 76.1 Å². The lowest BCUT2D eigenvalue weighted by Crippen LogP contribution is -2.48. The smallest absolute Gasteiger partial charge is 0.334 e. The molecule has 1 aromatic carbocycles. The molecule has 1 atom stereocenters. The number of hydrogen-bond donors (Lipinski definition) is 1. The van der Waals surface area contributed by atoms with Gasteiger partial charge in [-0.15, -0.1) is 0 Å². The van der Waals surface area contributed by atoms with Gasteiger partial charge in [-0.1, -0.05) is 19.9 Å². The number of amides is 1. The Hall–Kier alpha value is -2.08. The number of rotatable bonds is 5. The monoisotopic (exact) mass is 307 g/mol. The first kappa shape index (κ1) is 16.3. The van der Waals surface area contributed by atoms with Crippen molar-refractivity contribution < 1.29 is 24.2 Å². The predicted octanol–water partition coefficient (Wildman–Crippen LogP) is 1.65. The Labute approximate surface area is 129 Å². The van der Waals surface area contributed by atoms with Crippen molar-refractivity contribution >= 4 is 11.9 Å². The van der Waals surface area contributed by atoms with E-state index in [-0.39, 0.29) is 19.1 Å². The molecular formula is C16H21NO5. The molecule has 6 nitrogen and oxygen atoms in total. The fourth-order valence-electron chi connectivity index (χ4n) is 2.15. The first-order valence-electron chi connectivity index (χ1n) is 7.34. The predicted molar refractivity (Wildman–Crippen MR) is 80.1 cm³/mol. The minimum Gasteiger partial charge on any atom is -0.493 e. The van der Waals surface area contributed by atoms with Crippen LogP contribution in [-0.2, 0) is 9.53 Å². The van der Waals surface area contributed by atoms with Gasteiger partial charge in [-0.2, -0.15) is 0 Å². The van der Waals surface area contributed by atoms with Crippen LogP contribution in [0.4, 0.5) is 0 Å². The van der Waals surface area contributed by atoms with Gasteiger partial charge in [0, 0.05) is 12.1 Å². The maximum Gasteiger partial charge on any atom is 0.334 e. The van der Waals surface area contributed by atoms with Gasteiger partial charge >= 0.3 is 5.97 Å². The molecule has 1 saturated heterocycles. The maximum absolute atomic E-state index is 12.5. The third-order valence-electron chi connectivity index (χ3n) is 3.29. The lowest BCUT2D eigenvalue weighted by atomic mass is 10.1. The van der Waals surface area contributed by atoms with E-state index in [4.69, 9.17) is 14.6 Å². The zero-order valence-electron chi connectivity index (χ0n) is 12.8. The van der Waals surface area contributed by atoms with Crippen LogP contribution in [0.3, 0.4) is 0 Å². The standard InChI is InChI=1S/C16H21NO5/c1-11(2)10-22-13-5-3-4-12(8-13)15(18)17-6-7-21-14(9-17)16(19)20/h3-5,8,11,14H,6-7,9-10H2,1-2H3,(H,19,20). The Kier molecular flexibility index (Phi) is 5.38. The van der Waals surface area contributed by atoms with Crippen LogP contribution in [0.25, 0.3) is 0 Å². The minimum atomic E-state index is -1.05. The molecule has 1 fully saturated rings. The zero-order valence-corrected chi connectivity index (χ0v) is 12.8. The van der Waals surface area contributed by atoms with Crippen LogP contribution >= 0.6 is 0 Å². The molecule has 0 radical (unpaired) electrons. The lowest BCUT2D eigenvalue weighted by Gasteiger charge is -2.31. The molecule has 0 aliphatic carbocycles. The van der Waals surface area contributed by atoms with Gasteiger partial charge < -0.3 is 19.5 Å². The van der Waals surface area contributed by atoms with Crippen LogP contribution in [0.1, 0.15) is 24.2 Å². The number of hydrogen-bond acceptors (Lipinski definition) is 4. The van der Waals surface area contributed by atoms with Crippen molar-refractivity contribution in [3.05, 3.63) is 29.8 Å². The number of aliphatic carboxylic acids is 1. The number of carboxylic acids is 1. The van der Waals surface area contributed by atoms with Gasteiger partial charge in [-0.05, 0) is 24.1 Å². The molecule has 0 saturated carbocycles. The van der Waals surface area contributed by atoms with E-state index >= 15 is 0 Å². The highest BCUT2D eigenvalue weighted by Gasteiger charge is 2.29.